The second kappa shape index (κ2) is 5.44. The van der Waals surface area contributed by atoms with Crippen LogP contribution in [0.3, 0.4) is 0 Å². The van der Waals surface area contributed by atoms with E-state index in [2.05, 4.69) is 10.3 Å². The number of anilines is 1. The summed E-state index contributed by atoms with van der Waals surface area (Å²) < 4.78 is 37.8. The maximum Gasteiger partial charge on any atom is 0.417 e. The first-order valence-corrected chi connectivity index (χ1v) is 6.99. The standard InChI is InChI=1S/C15H12ClF3N2O/c16-11-6-9(15(17,18)19)7-20-14(11)21-13-10-4-2-1-3-8(10)5-12(13)22/h1-4,6-7,12-13,22H,5H2,(H,20,21)/t12-,13+/m0/s1. The fraction of sp³-hybridized carbons (Fsp3) is 0.267. The predicted molar refractivity (Wildman–Crippen MR) is 76.8 cm³/mol. The molecule has 2 atom stereocenters. The van der Waals surface area contributed by atoms with Gasteiger partial charge in [-0.2, -0.15) is 13.2 Å². The highest BCUT2D eigenvalue weighted by molar-refractivity contribution is 6.33. The molecule has 7 heteroatoms. The van der Waals surface area contributed by atoms with E-state index in [1.165, 1.54) is 0 Å². The molecule has 0 saturated heterocycles. The first-order valence-electron chi connectivity index (χ1n) is 6.61. The lowest BCUT2D eigenvalue weighted by atomic mass is 10.1. The predicted octanol–water partition coefficient (Wildman–Crippen LogP) is 3.82. The average molecular weight is 329 g/mol. The summed E-state index contributed by atoms with van der Waals surface area (Å²) in [5.41, 5.74) is 0.985. The maximum absolute atomic E-state index is 12.6. The Morgan fingerprint density at radius 2 is 2.00 bits per heavy atom. The molecule has 2 aromatic rings. The number of rotatable bonds is 2. The summed E-state index contributed by atoms with van der Waals surface area (Å²) in [6, 6.07) is 7.86. The van der Waals surface area contributed by atoms with Gasteiger partial charge in [0.15, 0.2) is 0 Å². The second-order valence-corrected chi connectivity index (χ2v) is 5.55. The molecule has 1 aliphatic carbocycles. The molecule has 1 aliphatic rings. The summed E-state index contributed by atoms with van der Waals surface area (Å²) in [5.74, 6) is 0.121. The lowest BCUT2D eigenvalue weighted by Crippen LogP contribution is -2.22. The van der Waals surface area contributed by atoms with E-state index in [0.717, 1.165) is 23.4 Å². The number of benzene rings is 1. The summed E-state index contributed by atoms with van der Waals surface area (Å²) in [6.07, 6.45) is -3.97. The molecule has 0 bridgehead atoms. The number of nitrogens with zero attached hydrogens (tertiary/aromatic N) is 1. The molecule has 0 saturated carbocycles. The van der Waals surface area contributed by atoms with E-state index in [-0.39, 0.29) is 10.8 Å². The van der Waals surface area contributed by atoms with Crippen molar-refractivity contribution in [1.82, 2.24) is 4.98 Å². The van der Waals surface area contributed by atoms with Crippen LogP contribution in [-0.4, -0.2) is 16.2 Å². The molecule has 0 unspecified atom stereocenters. The van der Waals surface area contributed by atoms with Crippen LogP contribution in [0.25, 0.3) is 0 Å². The molecule has 3 nitrogen and oxygen atoms in total. The largest absolute Gasteiger partial charge is 0.417 e. The van der Waals surface area contributed by atoms with E-state index in [0.29, 0.717) is 6.42 Å². The first kappa shape index (κ1) is 15.1. The Balaban J connectivity index is 1.88. The SMILES string of the molecule is O[C@H]1Cc2ccccc2[C@H]1Nc1ncc(C(F)(F)F)cc1Cl. The number of fused-ring (bicyclic) bond motifs is 1. The highest BCUT2D eigenvalue weighted by Crippen LogP contribution is 2.37. The van der Waals surface area contributed by atoms with Crippen LogP contribution in [0.2, 0.25) is 5.02 Å². The zero-order valence-electron chi connectivity index (χ0n) is 11.2. The van der Waals surface area contributed by atoms with Crippen molar-refractivity contribution in [1.29, 1.82) is 0 Å². The quantitative estimate of drug-likeness (QED) is 0.881. The van der Waals surface area contributed by atoms with E-state index in [1.807, 2.05) is 24.3 Å². The number of aliphatic hydroxyl groups is 1. The molecule has 0 fully saturated rings. The number of halogens is 4. The van der Waals surface area contributed by atoms with Gasteiger partial charge in [0, 0.05) is 12.6 Å². The number of aliphatic hydroxyl groups excluding tert-OH is 1. The fourth-order valence-electron chi connectivity index (χ4n) is 2.59. The van der Waals surface area contributed by atoms with E-state index < -0.39 is 23.9 Å². The number of nitrogens with one attached hydrogen (secondary N) is 1. The van der Waals surface area contributed by atoms with Crippen molar-refractivity contribution in [3.05, 3.63) is 58.2 Å². The minimum Gasteiger partial charge on any atom is -0.390 e. The van der Waals surface area contributed by atoms with Crippen molar-refractivity contribution in [3.63, 3.8) is 0 Å². The van der Waals surface area contributed by atoms with Crippen molar-refractivity contribution in [2.24, 2.45) is 0 Å². The Bertz CT molecular complexity index is 705. The van der Waals surface area contributed by atoms with Crippen LogP contribution in [-0.2, 0) is 12.6 Å². The highest BCUT2D eigenvalue weighted by atomic mass is 35.5. The monoisotopic (exact) mass is 328 g/mol. The number of hydrogen-bond donors (Lipinski definition) is 2. The van der Waals surface area contributed by atoms with E-state index in [4.69, 9.17) is 11.6 Å². The summed E-state index contributed by atoms with van der Waals surface area (Å²) in [7, 11) is 0. The number of aromatic nitrogens is 1. The van der Waals surface area contributed by atoms with Gasteiger partial charge in [-0.15, -0.1) is 0 Å². The molecule has 0 amide bonds. The van der Waals surface area contributed by atoms with E-state index >= 15 is 0 Å². The molecule has 0 aliphatic heterocycles. The third-order valence-electron chi connectivity index (χ3n) is 3.66. The van der Waals surface area contributed by atoms with Gasteiger partial charge >= 0.3 is 6.18 Å². The number of pyridine rings is 1. The molecule has 2 N–H and O–H groups in total. The van der Waals surface area contributed by atoms with E-state index in [9.17, 15) is 18.3 Å². The van der Waals surface area contributed by atoms with Crippen LogP contribution in [0.15, 0.2) is 36.5 Å². The van der Waals surface area contributed by atoms with Gasteiger partial charge in [-0.05, 0) is 17.2 Å². The van der Waals surface area contributed by atoms with Gasteiger partial charge in [-0.1, -0.05) is 35.9 Å². The van der Waals surface area contributed by atoms with Crippen LogP contribution in [0.4, 0.5) is 19.0 Å². The van der Waals surface area contributed by atoms with Crippen molar-refractivity contribution < 1.29 is 18.3 Å². The lowest BCUT2D eigenvalue weighted by molar-refractivity contribution is -0.137. The molecule has 116 valence electrons. The Morgan fingerprint density at radius 3 is 2.68 bits per heavy atom. The van der Waals surface area contributed by atoms with Gasteiger partial charge in [-0.3, -0.25) is 0 Å². The smallest absolute Gasteiger partial charge is 0.390 e. The van der Waals surface area contributed by atoms with Crippen LogP contribution in [0, 0.1) is 0 Å². The van der Waals surface area contributed by atoms with Crippen LogP contribution in [0.1, 0.15) is 22.7 Å². The molecule has 1 heterocycles. The second-order valence-electron chi connectivity index (χ2n) is 5.14. The van der Waals surface area contributed by atoms with Crippen molar-refractivity contribution in [2.45, 2.75) is 24.7 Å². The molecule has 0 radical (unpaired) electrons. The fourth-order valence-corrected chi connectivity index (χ4v) is 2.82. The van der Waals surface area contributed by atoms with Gasteiger partial charge in [-0.25, -0.2) is 4.98 Å². The molecular weight excluding hydrogens is 317 g/mol. The summed E-state index contributed by atoms with van der Waals surface area (Å²) in [4.78, 5) is 3.74. The number of hydrogen-bond acceptors (Lipinski definition) is 3. The van der Waals surface area contributed by atoms with Gasteiger partial charge in [0.2, 0.25) is 0 Å². The van der Waals surface area contributed by atoms with Crippen LogP contribution >= 0.6 is 11.6 Å². The molecule has 0 spiro atoms. The Morgan fingerprint density at radius 1 is 1.27 bits per heavy atom. The van der Waals surface area contributed by atoms with Crippen LogP contribution in [0.5, 0.6) is 0 Å². The van der Waals surface area contributed by atoms with Gasteiger partial charge in [0.25, 0.3) is 0 Å². The molecule has 1 aromatic carbocycles. The number of alkyl halides is 3. The molecular formula is C15H12ClF3N2O. The molecule has 22 heavy (non-hydrogen) atoms. The zero-order valence-corrected chi connectivity index (χ0v) is 12.0. The third-order valence-corrected chi connectivity index (χ3v) is 3.95. The minimum atomic E-state index is -4.49. The summed E-state index contributed by atoms with van der Waals surface area (Å²) in [6.45, 7) is 0. The average Bonchev–Trinajstić information content (AvgIpc) is 2.76. The Kier molecular flexibility index (Phi) is 3.74. The highest BCUT2D eigenvalue weighted by Gasteiger charge is 2.33. The van der Waals surface area contributed by atoms with Crippen molar-refractivity contribution in [3.8, 4) is 0 Å². The summed E-state index contributed by atoms with van der Waals surface area (Å²) in [5, 5.41) is 12.9. The molecule has 3 rings (SSSR count). The summed E-state index contributed by atoms with van der Waals surface area (Å²) >= 11 is 5.88. The van der Waals surface area contributed by atoms with Crippen molar-refractivity contribution in [2.75, 3.05) is 5.32 Å². The minimum absolute atomic E-state index is 0.121. The van der Waals surface area contributed by atoms with Gasteiger partial charge in [0.05, 0.1) is 22.7 Å². The lowest BCUT2D eigenvalue weighted by Gasteiger charge is -2.19. The Hall–Kier alpha value is -1.79. The van der Waals surface area contributed by atoms with Crippen molar-refractivity contribution >= 4 is 17.4 Å². The van der Waals surface area contributed by atoms with E-state index in [1.54, 1.807) is 0 Å². The van der Waals surface area contributed by atoms with Crippen LogP contribution < -0.4 is 5.32 Å². The topological polar surface area (TPSA) is 45.1 Å². The maximum atomic E-state index is 12.6. The Labute approximate surface area is 129 Å². The zero-order chi connectivity index (χ0) is 15.9. The first-order chi connectivity index (χ1) is 10.4. The normalized spacial score (nSPS) is 20.8. The third kappa shape index (κ3) is 2.76. The van der Waals surface area contributed by atoms with Gasteiger partial charge < -0.3 is 10.4 Å². The molecule has 1 aromatic heterocycles. The van der Waals surface area contributed by atoms with Gasteiger partial charge in [0.1, 0.15) is 5.82 Å².